The number of piperidine rings is 1. The summed E-state index contributed by atoms with van der Waals surface area (Å²) in [6, 6.07) is 6.18. The molecule has 0 bridgehead atoms. The number of pyridine rings is 1. The summed E-state index contributed by atoms with van der Waals surface area (Å²) in [5.41, 5.74) is 3.45. The number of aromatic nitrogens is 1. The van der Waals surface area contributed by atoms with Gasteiger partial charge in [-0.1, -0.05) is 6.07 Å². The molecule has 0 spiro atoms. The molecule has 2 rings (SSSR count). The maximum absolute atomic E-state index is 8.51. The Labute approximate surface area is 103 Å². The van der Waals surface area contributed by atoms with Crippen molar-refractivity contribution in [2.24, 2.45) is 0 Å². The number of nitrogens with one attached hydrogen (secondary N) is 1. The van der Waals surface area contributed by atoms with Gasteiger partial charge in [-0.2, -0.15) is 0 Å². The summed E-state index contributed by atoms with van der Waals surface area (Å²) in [7, 11) is 0. The predicted octanol–water partition coefficient (Wildman–Crippen LogP) is 1.63. The van der Waals surface area contributed by atoms with E-state index in [0.717, 1.165) is 26.1 Å². The molecule has 94 valence electrons. The zero-order valence-electron chi connectivity index (χ0n) is 10.2. The molecule has 4 heteroatoms. The van der Waals surface area contributed by atoms with Crippen LogP contribution < -0.4 is 5.48 Å². The largest absolute Gasteiger partial charge is 0.317 e. The minimum atomic E-state index is 0.628. The smallest absolute Gasteiger partial charge is 0.0435 e. The number of hydrogen-bond donors (Lipinski definition) is 2. The molecule has 0 radical (unpaired) electrons. The molecule has 17 heavy (non-hydrogen) atoms. The monoisotopic (exact) mass is 235 g/mol. The van der Waals surface area contributed by atoms with Crippen LogP contribution in [0.3, 0.4) is 0 Å². The molecule has 1 aliphatic heterocycles. The van der Waals surface area contributed by atoms with Crippen LogP contribution in [0.2, 0.25) is 0 Å². The molecule has 1 aromatic rings. The molecule has 4 nitrogen and oxygen atoms in total. The van der Waals surface area contributed by atoms with Crippen molar-refractivity contribution in [3.05, 3.63) is 30.1 Å². The fourth-order valence-corrected chi connectivity index (χ4v) is 2.45. The molecular weight excluding hydrogens is 214 g/mol. The van der Waals surface area contributed by atoms with Gasteiger partial charge in [0.1, 0.15) is 0 Å². The topological polar surface area (TPSA) is 48.4 Å². The second kappa shape index (κ2) is 6.69. The highest BCUT2D eigenvalue weighted by molar-refractivity contribution is 5.10. The first-order chi connectivity index (χ1) is 8.40. The average Bonchev–Trinajstić information content (AvgIpc) is 2.41. The first-order valence-corrected chi connectivity index (χ1v) is 6.40. The van der Waals surface area contributed by atoms with Crippen LogP contribution in [0.5, 0.6) is 0 Å². The van der Waals surface area contributed by atoms with E-state index in [1.807, 2.05) is 12.3 Å². The maximum Gasteiger partial charge on any atom is 0.0435 e. The van der Waals surface area contributed by atoms with E-state index in [9.17, 15) is 0 Å². The summed E-state index contributed by atoms with van der Waals surface area (Å²) in [6.45, 7) is 4.04. The number of nitrogens with zero attached hydrogens (tertiary/aromatic N) is 2. The van der Waals surface area contributed by atoms with Crippen molar-refractivity contribution in [3.8, 4) is 0 Å². The number of hydroxylamine groups is 1. The molecule has 1 aliphatic rings. The Morgan fingerprint density at radius 1 is 1.35 bits per heavy atom. The van der Waals surface area contributed by atoms with Crippen molar-refractivity contribution >= 4 is 0 Å². The summed E-state index contributed by atoms with van der Waals surface area (Å²) in [5, 5.41) is 8.51. The van der Waals surface area contributed by atoms with E-state index in [0.29, 0.717) is 12.5 Å². The quantitative estimate of drug-likeness (QED) is 0.601. The van der Waals surface area contributed by atoms with Crippen LogP contribution in [-0.4, -0.2) is 41.3 Å². The van der Waals surface area contributed by atoms with Crippen molar-refractivity contribution in [3.63, 3.8) is 0 Å². The van der Waals surface area contributed by atoms with Gasteiger partial charge in [-0.15, -0.1) is 0 Å². The Bertz CT molecular complexity index is 310. The zero-order valence-corrected chi connectivity index (χ0v) is 10.2. The highest BCUT2D eigenvalue weighted by atomic mass is 16.5. The van der Waals surface area contributed by atoms with Crippen LogP contribution in [0.1, 0.15) is 30.9 Å². The zero-order chi connectivity index (χ0) is 11.9. The van der Waals surface area contributed by atoms with Gasteiger partial charge in [0, 0.05) is 24.4 Å². The third kappa shape index (κ3) is 3.77. The molecule has 1 fully saturated rings. The Balaban J connectivity index is 1.74. The van der Waals surface area contributed by atoms with Gasteiger partial charge in [0.15, 0.2) is 0 Å². The van der Waals surface area contributed by atoms with E-state index in [4.69, 9.17) is 5.21 Å². The lowest BCUT2D eigenvalue weighted by Gasteiger charge is -2.31. The molecule has 2 N–H and O–H groups in total. The van der Waals surface area contributed by atoms with Crippen molar-refractivity contribution in [1.29, 1.82) is 0 Å². The van der Waals surface area contributed by atoms with Crippen LogP contribution in [0.15, 0.2) is 24.4 Å². The first-order valence-electron chi connectivity index (χ1n) is 6.40. The van der Waals surface area contributed by atoms with Crippen molar-refractivity contribution < 1.29 is 5.21 Å². The van der Waals surface area contributed by atoms with Gasteiger partial charge in [-0.25, -0.2) is 5.48 Å². The summed E-state index contributed by atoms with van der Waals surface area (Å²) >= 11 is 0. The van der Waals surface area contributed by atoms with Gasteiger partial charge in [0.05, 0.1) is 0 Å². The summed E-state index contributed by atoms with van der Waals surface area (Å²) in [6.07, 6.45) is 5.28. The molecule has 0 aromatic carbocycles. The molecule has 0 amide bonds. The molecular formula is C13H21N3O. The normalized spacial score (nSPS) is 18.4. The van der Waals surface area contributed by atoms with Crippen LogP contribution in [0, 0.1) is 0 Å². The van der Waals surface area contributed by atoms with Crippen LogP contribution >= 0.6 is 0 Å². The number of rotatable bonds is 5. The lowest BCUT2D eigenvalue weighted by molar-refractivity contribution is 0.151. The molecule has 0 atom stereocenters. The number of likely N-dealkylation sites (tertiary alicyclic amines) is 1. The van der Waals surface area contributed by atoms with E-state index in [-0.39, 0.29) is 0 Å². The third-order valence-corrected chi connectivity index (χ3v) is 3.46. The predicted molar refractivity (Wildman–Crippen MR) is 67.1 cm³/mol. The molecule has 0 unspecified atom stereocenters. The Morgan fingerprint density at radius 2 is 2.18 bits per heavy atom. The van der Waals surface area contributed by atoms with E-state index < -0.39 is 0 Å². The molecule has 1 aromatic heterocycles. The highest BCUT2D eigenvalue weighted by Crippen LogP contribution is 2.26. The second-order valence-corrected chi connectivity index (χ2v) is 4.63. The standard InChI is InChI=1S/C13H21N3O/c17-15-8-3-9-16-10-5-12(6-11-16)13-4-1-2-7-14-13/h1-2,4,7,12,15,17H,3,5-6,8-11H2. The van der Waals surface area contributed by atoms with Gasteiger partial charge in [-0.3, -0.25) is 4.98 Å². The van der Waals surface area contributed by atoms with Crippen molar-refractivity contribution in [2.45, 2.75) is 25.2 Å². The summed E-state index contributed by atoms with van der Waals surface area (Å²) < 4.78 is 0. The van der Waals surface area contributed by atoms with Crippen molar-refractivity contribution in [2.75, 3.05) is 26.2 Å². The minimum absolute atomic E-state index is 0.628. The summed E-state index contributed by atoms with van der Waals surface area (Å²) in [5.74, 6) is 0.628. The molecule has 0 aliphatic carbocycles. The van der Waals surface area contributed by atoms with Gasteiger partial charge in [0.2, 0.25) is 0 Å². The second-order valence-electron chi connectivity index (χ2n) is 4.63. The first kappa shape index (κ1) is 12.5. The maximum atomic E-state index is 8.51. The Hall–Kier alpha value is -0.970. The summed E-state index contributed by atoms with van der Waals surface area (Å²) in [4.78, 5) is 6.91. The highest BCUT2D eigenvalue weighted by Gasteiger charge is 2.20. The lowest BCUT2D eigenvalue weighted by atomic mass is 9.93. The Morgan fingerprint density at radius 3 is 2.82 bits per heavy atom. The van der Waals surface area contributed by atoms with Crippen LogP contribution in [0.4, 0.5) is 0 Å². The van der Waals surface area contributed by atoms with Gasteiger partial charge in [-0.05, 0) is 51.0 Å². The lowest BCUT2D eigenvalue weighted by Crippen LogP contribution is -2.34. The average molecular weight is 235 g/mol. The SMILES string of the molecule is ONCCCN1CCC(c2ccccn2)CC1. The van der Waals surface area contributed by atoms with Gasteiger partial charge in [0.25, 0.3) is 0 Å². The van der Waals surface area contributed by atoms with Gasteiger partial charge >= 0.3 is 0 Å². The van der Waals surface area contributed by atoms with E-state index in [1.54, 1.807) is 0 Å². The fourth-order valence-electron chi connectivity index (χ4n) is 2.45. The molecule has 0 saturated carbocycles. The number of hydrogen-bond acceptors (Lipinski definition) is 4. The van der Waals surface area contributed by atoms with E-state index in [1.165, 1.54) is 18.5 Å². The van der Waals surface area contributed by atoms with Crippen molar-refractivity contribution in [1.82, 2.24) is 15.4 Å². The van der Waals surface area contributed by atoms with Gasteiger partial charge < -0.3 is 10.1 Å². The fraction of sp³-hybridized carbons (Fsp3) is 0.615. The Kier molecular flexibility index (Phi) is 4.91. The molecule has 1 saturated heterocycles. The van der Waals surface area contributed by atoms with E-state index in [2.05, 4.69) is 27.5 Å². The van der Waals surface area contributed by atoms with Crippen LogP contribution in [0.25, 0.3) is 0 Å². The minimum Gasteiger partial charge on any atom is -0.317 e. The molecule has 2 heterocycles. The third-order valence-electron chi connectivity index (χ3n) is 3.46. The van der Waals surface area contributed by atoms with Crippen LogP contribution in [-0.2, 0) is 0 Å². The van der Waals surface area contributed by atoms with E-state index >= 15 is 0 Å².